The van der Waals surface area contributed by atoms with Gasteiger partial charge >= 0.3 is 0 Å². The molecule has 25 heavy (non-hydrogen) atoms. The van der Waals surface area contributed by atoms with Gasteiger partial charge in [0, 0.05) is 32.5 Å². The van der Waals surface area contributed by atoms with Gasteiger partial charge in [-0.3, -0.25) is 14.5 Å². The van der Waals surface area contributed by atoms with Gasteiger partial charge in [0.05, 0.1) is 5.57 Å². The van der Waals surface area contributed by atoms with Gasteiger partial charge in [-0.1, -0.05) is 12.1 Å². The number of carbonyl (C=O) groups excluding carboxylic acids is 2. The number of benzene rings is 2. The quantitative estimate of drug-likeness (QED) is 0.870. The summed E-state index contributed by atoms with van der Waals surface area (Å²) in [5.74, 6) is -1.23. The fourth-order valence-corrected chi connectivity index (χ4v) is 2.63. The Morgan fingerprint density at radius 1 is 0.920 bits per heavy atom. The van der Waals surface area contributed by atoms with E-state index in [0.29, 0.717) is 11.3 Å². The molecule has 0 saturated carbocycles. The molecule has 1 heterocycles. The molecule has 6 heteroatoms. The number of imide groups is 1. The lowest BCUT2D eigenvalue weighted by atomic mass is 10.0. The predicted molar refractivity (Wildman–Crippen MR) is 95.5 cm³/mol. The molecule has 0 atom stereocenters. The molecule has 0 fully saturated rings. The average molecular weight is 339 g/mol. The number of nitrogens with zero attached hydrogens (tertiary/aromatic N) is 2. The van der Waals surface area contributed by atoms with E-state index < -0.39 is 17.6 Å². The third-order valence-corrected chi connectivity index (χ3v) is 4.07. The molecule has 128 valence electrons. The minimum absolute atomic E-state index is 0.191. The van der Waals surface area contributed by atoms with Crippen LogP contribution in [0.5, 0.6) is 0 Å². The third-order valence-electron chi connectivity index (χ3n) is 4.07. The van der Waals surface area contributed by atoms with E-state index in [-0.39, 0.29) is 11.3 Å². The molecular weight excluding hydrogens is 321 g/mol. The molecule has 2 aromatic rings. The molecule has 0 bridgehead atoms. The predicted octanol–water partition coefficient (Wildman–Crippen LogP) is 2.71. The molecule has 2 amide bonds. The Morgan fingerprint density at radius 3 is 2.08 bits per heavy atom. The van der Waals surface area contributed by atoms with Gasteiger partial charge < -0.3 is 10.2 Å². The minimum Gasteiger partial charge on any atom is -0.378 e. The van der Waals surface area contributed by atoms with Crippen LogP contribution in [-0.4, -0.2) is 37.9 Å². The lowest BCUT2D eigenvalue weighted by Crippen LogP contribution is -2.27. The van der Waals surface area contributed by atoms with E-state index in [1.165, 1.54) is 31.3 Å². The van der Waals surface area contributed by atoms with Crippen LogP contribution in [0.25, 0.3) is 5.57 Å². The van der Waals surface area contributed by atoms with E-state index in [0.717, 1.165) is 10.6 Å². The second-order valence-corrected chi connectivity index (χ2v) is 5.99. The fraction of sp³-hybridized carbons (Fsp3) is 0.158. The van der Waals surface area contributed by atoms with Crippen molar-refractivity contribution in [1.29, 1.82) is 0 Å². The summed E-state index contributed by atoms with van der Waals surface area (Å²) in [6.07, 6.45) is 0. The first-order valence-corrected chi connectivity index (χ1v) is 7.75. The van der Waals surface area contributed by atoms with Crippen LogP contribution >= 0.6 is 0 Å². The summed E-state index contributed by atoms with van der Waals surface area (Å²) in [5.41, 5.74) is 2.64. The van der Waals surface area contributed by atoms with Gasteiger partial charge in [-0.25, -0.2) is 4.39 Å². The number of anilines is 2. The number of nitrogens with one attached hydrogen (secondary N) is 1. The van der Waals surface area contributed by atoms with Crippen LogP contribution < -0.4 is 10.2 Å². The van der Waals surface area contributed by atoms with E-state index in [1.807, 2.05) is 43.3 Å². The van der Waals surface area contributed by atoms with Gasteiger partial charge in [0.1, 0.15) is 11.5 Å². The largest absolute Gasteiger partial charge is 0.378 e. The van der Waals surface area contributed by atoms with Crippen molar-refractivity contribution in [2.24, 2.45) is 0 Å². The second kappa shape index (κ2) is 6.39. The number of carbonyl (C=O) groups is 2. The number of amides is 2. The summed E-state index contributed by atoms with van der Waals surface area (Å²) in [4.78, 5) is 27.9. The number of halogens is 1. The second-order valence-electron chi connectivity index (χ2n) is 5.99. The van der Waals surface area contributed by atoms with E-state index >= 15 is 0 Å². The first-order chi connectivity index (χ1) is 11.9. The highest BCUT2D eigenvalue weighted by atomic mass is 19.1. The topological polar surface area (TPSA) is 52.7 Å². The summed E-state index contributed by atoms with van der Waals surface area (Å²) < 4.78 is 13.2. The number of hydrogen-bond acceptors (Lipinski definition) is 4. The maximum atomic E-state index is 13.2. The van der Waals surface area contributed by atoms with Crippen molar-refractivity contribution >= 4 is 28.8 Å². The summed E-state index contributed by atoms with van der Waals surface area (Å²) in [7, 11) is 5.30. The van der Waals surface area contributed by atoms with Crippen LogP contribution in [0.4, 0.5) is 15.8 Å². The zero-order valence-corrected chi connectivity index (χ0v) is 14.2. The van der Waals surface area contributed by atoms with Crippen LogP contribution in [0, 0.1) is 5.82 Å². The number of likely N-dealkylation sites (N-methyl/N-ethyl adjacent to an activating group) is 1. The molecular formula is C19H18FN3O2. The van der Waals surface area contributed by atoms with Crippen LogP contribution in [0.1, 0.15) is 5.56 Å². The highest BCUT2D eigenvalue weighted by Crippen LogP contribution is 2.30. The van der Waals surface area contributed by atoms with Crippen molar-refractivity contribution in [2.45, 2.75) is 0 Å². The van der Waals surface area contributed by atoms with Crippen molar-refractivity contribution in [3.05, 3.63) is 65.6 Å². The summed E-state index contributed by atoms with van der Waals surface area (Å²) >= 11 is 0. The SMILES string of the molecule is CN1C(=O)C(Nc2ccc(N(C)C)cc2)=C(c2ccc(F)cc2)C1=O. The lowest BCUT2D eigenvalue weighted by Gasteiger charge is -2.14. The van der Waals surface area contributed by atoms with E-state index in [4.69, 9.17) is 0 Å². The highest BCUT2D eigenvalue weighted by Gasteiger charge is 2.36. The van der Waals surface area contributed by atoms with Crippen LogP contribution in [0.15, 0.2) is 54.2 Å². The van der Waals surface area contributed by atoms with Crippen molar-refractivity contribution in [3.63, 3.8) is 0 Å². The molecule has 0 spiro atoms. The monoisotopic (exact) mass is 339 g/mol. The maximum Gasteiger partial charge on any atom is 0.277 e. The normalized spacial score (nSPS) is 14.3. The number of rotatable bonds is 4. The Hall–Kier alpha value is -3.15. The Labute approximate surface area is 145 Å². The zero-order chi connectivity index (χ0) is 18.1. The van der Waals surface area contributed by atoms with Gasteiger partial charge in [-0.05, 0) is 42.0 Å². The van der Waals surface area contributed by atoms with Crippen LogP contribution in [-0.2, 0) is 9.59 Å². The summed E-state index contributed by atoms with van der Waals surface area (Å²) in [5, 5.41) is 3.04. The summed E-state index contributed by atoms with van der Waals surface area (Å²) in [6.45, 7) is 0. The highest BCUT2D eigenvalue weighted by molar-refractivity contribution is 6.36. The Balaban J connectivity index is 2.00. The minimum atomic E-state index is -0.416. The molecule has 0 aromatic heterocycles. The fourth-order valence-electron chi connectivity index (χ4n) is 2.63. The van der Waals surface area contributed by atoms with E-state index in [1.54, 1.807) is 0 Å². The van der Waals surface area contributed by atoms with Crippen LogP contribution in [0.3, 0.4) is 0 Å². The standard InChI is InChI=1S/C19H18FN3O2/c1-22(2)15-10-8-14(9-11-15)21-17-16(18(24)23(3)19(17)25)12-4-6-13(20)7-5-12/h4-11,21H,1-3H3. The molecule has 1 aliphatic heterocycles. The van der Waals surface area contributed by atoms with Gasteiger partial charge in [0.2, 0.25) is 0 Å². The Morgan fingerprint density at radius 2 is 1.52 bits per heavy atom. The third kappa shape index (κ3) is 3.10. The molecule has 1 aliphatic rings. The smallest absolute Gasteiger partial charge is 0.277 e. The molecule has 1 N–H and O–H groups in total. The molecule has 5 nitrogen and oxygen atoms in total. The average Bonchev–Trinajstić information content (AvgIpc) is 2.80. The molecule has 0 aliphatic carbocycles. The lowest BCUT2D eigenvalue weighted by molar-refractivity contribution is -0.135. The first-order valence-electron chi connectivity index (χ1n) is 7.75. The van der Waals surface area contributed by atoms with Crippen molar-refractivity contribution in [3.8, 4) is 0 Å². The van der Waals surface area contributed by atoms with Crippen molar-refractivity contribution in [1.82, 2.24) is 4.90 Å². The molecule has 3 rings (SSSR count). The Bertz CT molecular complexity index is 855. The molecule has 0 unspecified atom stereocenters. The first kappa shape index (κ1) is 16.7. The number of hydrogen-bond donors (Lipinski definition) is 1. The van der Waals surface area contributed by atoms with E-state index in [2.05, 4.69) is 5.32 Å². The molecule has 0 saturated heterocycles. The van der Waals surface area contributed by atoms with Crippen molar-refractivity contribution < 1.29 is 14.0 Å². The molecule has 0 radical (unpaired) electrons. The maximum absolute atomic E-state index is 13.2. The summed E-state index contributed by atoms with van der Waals surface area (Å²) in [6, 6.07) is 13.0. The van der Waals surface area contributed by atoms with Gasteiger partial charge in [-0.2, -0.15) is 0 Å². The van der Waals surface area contributed by atoms with Gasteiger partial charge in [0.25, 0.3) is 11.8 Å². The van der Waals surface area contributed by atoms with Crippen LogP contribution in [0.2, 0.25) is 0 Å². The van der Waals surface area contributed by atoms with Crippen molar-refractivity contribution in [2.75, 3.05) is 31.4 Å². The zero-order valence-electron chi connectivity index (χ0n) is 14.2. The van der Waals surface area contributed by atoms with Gasteiger partial charge in [-0.15, -0.1) is 0 Å². The van der Waals surface area contributed by atoms with E-state index in [9.17, 15) is 14.0 Å². The Kier molecular flexibility index (Phi) is 4.27. The molecule has 2 aromatic carbocycles. The van der Waals surface area contributed by atoms with Gasteiger partial charge in [0.15, 0.2) is 0 Å².